The summed E-state index contributed by atoms with van der Waals surface area (Å²) in [6.45, 7) is 1.85. The van der Waals surface area contributed by atoms with Gasteiger partial charge >= 0.3 is 5.69 Å². The second-order valence-corrected chi connectivity index (χ2v) is 8.31. The second kappa shape index (κ2) is 6.13. The van der Waals surface area contributed by atoms with Gasteiger partial charge in [0.2, 0.25) is 0 Å². The Morgan fingerprint density at radius 3 is 2.60 bits per heavy atom. The van der Waals surface area contributed by atoms with Gasteiger partial charge in [0, 0.05) is 30.6 Å². The number of nitrogens with two attached hydrogens (primary N) is 1. The molecule has 1 saturated carbocycles. The summed E-state index contributed by atoms with van der Waals surface area (Å²) in [5.41, 5.74) is 5.79. The molecule has 2 aromatic rings. The molecule has 7 nitrogen and oxygen atoms in total. The highest BCUT2D eigenvalue weighted by Gasteiger charge is 2.51. The van der Waals surface area contributed by atoms with E-state index in [1.54, 1.807) is 11.8 Å². The van der Waals surface area contributed by atoms with Gasteiger partial charge in [-0.1, -0.05) is 0 Å². The molecule has 160 valence electrons. The molecule has 3 aliphatic rings. The molecule has 1 saturated heterocycles. The molecule has 0 radical (unpaired) electrons. The van der Waals surface area contributed by atoms with E-state index in [1.807, 2.05) is 0 Å². The molecular weight excluding hydrogens is 401 g/mol. The zero-order valence-electron chi connectivity index (χ0n) is 16.5. The van der Waals surface area contributed by atoms with E-state index in [2.05, 4.69) is 4.98 Å². The number of anilines is 1. The molecular formula is C20H21F3N4O3. The highest BCUT2D eigenvalue weighted by atomic mass is 19.3. The fourth-order valence-electron chi connectivity index (χ4n) is 4.91. The Morgan fingerprint density at radius 2 is 2.00 bits per heavy atom. The highest BCUT2D eigenvalue weighted by Crippen LogP contribution is 2.46. The van der Waals surface area contributed by atoms with Crippen molar-refractivity contribution in [1.29, 1.82) is 0 Å². The minimum absolute atomic E-state index is 0.0235. The summed E-state index contributed by atoms with van der Waals surface area (Å²) < 4.78 is 50.1. The van der Waals surface area contributed by atoms with Gasteiger partial charge in [-0.3, -0.25) is 14.3 Å². The number of aromatic nitrogens is 2. The van der Waals surface area contributed by atoms with Gasteiger partial charge in [0.25, 0.3) is 11.5 Å². The van der Waals surface area contributed by atoms with Crippen LogP contribution in [0.4, 0.5) is 18.9 Å². The van der Waals surface area contributed by atoms with Gasteiger partial charge in [-0.25, -0.2) is 18.0 Å². The van der Waals surface area contributed by atoms with Crippen molar-refractivity contribution < 1.29 is 17.9 Å². The van der Waals surface area contributed by atoms with Crippen LogP contribution in [0, 0.1) is 18.7 Å². The number of halogens is 3. The zero-order chi connectivity index (χ0) is 21.5. The summed E-state index contributed by atoms with van der Waals surface area (Å²) in [7, 11) is 1.25. The van der Waals surface area contributed by atoms with Crippen molar-refractivity contribution in [2.45, 2.75) is 37.8 Å². The van der Waals surface area contributed by atoms with Gasteiger partial charge < -0.3 is 15.4 Å². The van der Waals surface area contributed by atoms with E-state index in [9.17, 15) is 18.4 Å². The number of nitrogens with one attached hydrogen (secondary N) is 1. The van der Waals surface area contributed by atoms with Crippen LogP contribution in [0.1, 0.15) is 24.4 Å². The molecule has 1 aromatic heterocycles. The smallest absolute Gasteiger partial charge is 0.329 e. The molecule has 10 heteroatoms. The summed E-state index contributed by atoms with van der Waals surface area (Å²) in [5.74, 6) is -4.69. The van der Waals surface area contributed by atoms with Crippen molar-refractivity contribution in [3.05, 3.63) is 43.9 Å². The van der Waals surface area contributed by atoms with Crippen molar-refractivity contribution in [3.8, 4) is 5.75 Å². The van der Waals surface area contributed by atoms with Crippen LogP contribution in [0.2, 0.25) is 0 Å². The minimum atomic E-state index is -3.08. The van der Waals surface area contributed by atoms with Crippen molar-refractivity contribution in [3.63, 3.8) is 0 Å². The molecule has 3 N–H and O–H groups in total. The normalized spacial score (nSPS) is 25.0. The molecule has 0 amide bonds. The number of aryl methyl sites for hydroxylation is 1. The number of rotatable bonds is 3. The monoisotopic (exact) mass is 422 g/mol. The number of benzene rings is 1. The van der Waals surface area contributed by atoms with Crippen molar-refractivity contribution in [2.75, 3.05) is 25.1 Å². The Labute approximate surface area is 168 Å². The zero-order valence-corrected chi connectivity index (χ0v) is 16.5. The van der Waals surface area contributed by atoms with E-state index in [1.165, 1.54) is 11.7 Å². The number of ether oxygens (including phenoxy) is 1. The number of methoxy groups -OCH3 is 1. The number of nitrogens with zero attached hydrogens (tertiary/aromatic N) is 2. The predicted molar refractivity (Wildman–Crippen MR) is 105 cm³/mol. The predicted octanol–water partition coefficient (Wildman–Crippen LogP) is 1.82. The summed E-state index contributed by atoms with van der Waals surface area (Å²) >= 11 is 0. The van der Waals surface area contributed by atoms with Gasteiger partial charge in [0.05, 0.1) is 24.4 Å². The Kier molecular flexibility index (Phi) is 3.93. The molecule has 0 bridgehead atoms. The summed E-state index contributed by atoms with van der Waals surface area (Å²) in [4.78, 5) is 29.0. The van der Waals surface area contributed by atoms with Crippen LogP contribution in [-0.2, 0) is 0 Å². The first-order valence-corrected chi connectivity index (χ1v) is 9.80. The first-order chi connectivity index (χ1) is 14.2. The van der Waals surface area contributed by atoms with Crippen molar-refractivity contribution in [2.24, 2.45) is 11.7 Å². The number of H-pyrrole nitrogens is 1. The van der Waals surface area contributed by atoms with E-state index in [0.29, 0.717) is 16.7 Å². The maximum absolute atomic E-state index is 15.6. The molecule has 5 rings (SSSR count). The number of alkyl halides is 2. The average molecular weight is 422 g/mol. The van der Waals surface area contributed by atoms with Gasteiger partial charge in [0.15, 0.2) is 11.6 Å². The Bertz CT molecular complexity index is 1230. The largest absolute Gasteiger partial charge is 0.493 e. The standard InChI is InChI=1S/C20H21F3N4O3/c1-8-14-12(18(28)25-19(29)27(14)10-3-4-10)16(30-2)13(21)15(8)26-6-9-5-20(22,23)17(24)11(9)7-26/h5,10-11,17H,3-4,6-7,24H2,1-2H3,(H,25,28,29). The summed E-state index contributed by atoms with van der Waals surface area (Å²) in [6.07, 6.45) is 2.43. The first kappa shape index (κ1) is 19.2. The van der Waals surface area contributed by atoms with E-state index in [-0.39, 0.29) is 36.0 Å². The van der Waals surface area contributed by atoms with Crippen LogP contribution in [0.3, 0.4) is 0 Å². The van der Waals surface area contributed by atoms with E-state index in [0.717, 1.165) is 18.9 Å². The van der Waals surface area contributed by atoms with E-state index < -0.39 is 34.9 Å². The topological polar surface area (TPSA) is 93.3 Å². The van der Waals surface area contributed by atoms with Gasteiger partial charge in [-0.05, 0) is 31.4 Å². The number of hydrogen-bond donors (Lipinski definition) is 2. The van der Waals surface area contributed by atoms with Crippen LogP contribution < -0.4 is 26.6 Å². The molecule has 1 aromatic carbocycles. The van der Waals surface area contributed by atoms with Crippen molar-refractivity contribution >= 4 is 16.6 Å². The Morgan fingerprint density at radius 1 is 1.30 bits per heavy atom. The number of hydrogen-bond acceptors (Lipinski definition) is 5. The van der Waals surface area contributed by atoms with Crippen molar-refractivity contribution in [1.82, 2.24) is 9.55 Å². The summed E-state index contributed by atoms with van der Waals surface area (Å²) in [5, 5.41) is -0.0235. The van der Waals surface area contributed by atoms with Gasteiger partial charge in [-0.15, -0.1) is 0 Å². The Hall–Kier alpha value is -2.75. The van der Waals surface area contributed by atoms with Crippen LogP contribution in [0.25, 0.3) is 10.9 Å². The molecule has 2 fully saturated rings. The van der Waals surface area contributed by atoms with Crippen LogP contribution >= 0.6 is 0 Å². The van der Waals surface area contributed by atoms with Crippen LogP contribution in [-0.4, -0.2) is 41.7 Å². The third-order valence-corrected chi connectivity index (χ3v) is 6.44. The molecule has 2 unspecified atom stereocenters. The van der Waals surface area contributed by atoms with Crippen LogP contribution in [0.5, 0.6) is 5.75 Å². The quantitative estimate of drug-likeness (QED) is 0.736. The highest BCUT2D eigenvalue weighted by molar-refractivity contribution is 5.93. The Balaban J connectivity index is 1.76. The maximum atomic E-state index is 15.6. The third-order valence-electron chi connectivity index (χ3n) is 6.44. The van der Waals surface area contributed by atoms with E-state index >= 15 is 4.39 Å². The third kappa shape index (κ3) is 2.49. The maximum Gasteiger partial charge on any atom is 0.329 e. The fraction of sp³-hybridized carbons (Fsp3) is 0.500. The molecule has 2 aliphatic carbocycles. The lowest BCUT2D eigenvalue weighted by atomic mass is 10.0. The number of fused-ring (bicyclic) bond motifs is 2. The minimum Gasteiger partial charge on any atom is -0.493 e. The lowest BCUT2D eigenvalue weighted by Gasteiger charge is -2.27. The lowest BCUT2D eigenvalue weighted by Crippen LogP contribution is -2.43. The van der Waals surface area contributed by atoms with Gasteiger partial charge in [0.1, 0.15) is 5.39 Å². The lowest BCUT2D eigenvalue weighted by molar-refractivity contribution is 0.0262. The first-order valence-electron chi connectivity index (χ1n) is 9.80. The van der Waals surface area contributed by atoms with Crippen LogP contribution in [0.15, 0.2) is 21.2 Å². The second-order valence-electron chi connectivity index (χ2n) is 8.31. The number of aromatic amines is 1. The fourth-order valence-corrected chi connectivity index (χ4v) is 4.91. The molecule has 0 spiro atoms. The van der Waals surface area contributed by atoms with E-state index in [4.69, 9.17) is 10.5 Å². The summed E-state index contributed by atoms with van der Waals surface area (Å²) in [6, 6.07) is -1.44. The molecule has 2 heterocycles. The molecule has 1 aliphatic heterocycles. The SMILES string of the molecule is COc1c(F)c(N2CC3=CC(F)(F)C(N)C3C2)c(C)c2c1c(=O)[nH]c(=O)n2C1CC1. The molecule has 2 atom stereocenters. The molecule has 30 heavy (non-hydrogen) atoms. The van der Waals surface area contributed by atoms with Gasteiger partial charge in [-0.2, -0.15) is 0 Å². The average Bonchev–Trinajstić information content (AvgIpc) is 3.38.